The highest BCUT2D eigenvalue weighted by Gasteiger charge is 2.47. The molecule has 3 unspecified atom stereocenters. The summed E-state index contributed by atoms with van der Waals surface area (Å²) >= 11 is 0. The summed E-state index contributed by atoms with van der Waals surface area (Å²) in [5, 5.41) is 18.0. The predicted molar refractivity (Wildman–Crippen MR) is 59.5 cm³/mol. The number of rotatable bonds is 4. The number of carbonyl (C=O) groups is 2. The third-order valence-electron chi connectivity index (χ3n) is 3.49. The molecular formula is C11H19NO5. The molecule has 0 aromatic heterocycles. The van der Waals surface area contributed by atoms with Crippen molar-refractivity contribution in [3.63, 3.8) is 0 Å². The second-order valence-electron chi connectivity index (χ2n) is 4.84. The fourth-order valence-corrected chi connectivity index (χ4v) is 2.22. The highest BCUT2D eigenvalue weighted by Crippen LogP contribution is 2.37. The second kappa shape index (κ2) is 5.01. The standard InChI is InChI=1S/C11H19NO5/c1-6(2)11(5-12)4-7(9(13)14)3-8(17-11)10(15)16/h6-8H,3-5,12H2,1-2H3,(H,13,14)(H,15,16). The summed E-state index contributed by atoms with van der Waals surface area (Å²) in [6.07, 6.45) is -0.824. The first-order chi connectivity index (χ1) is 7.82. The van der Waals surface area contributed by atoms with Crippen LogP contribution in [0.15, 0.2) is 0 Å². The van der Waals surface area contributed by atoms with E-state index < -0.39 is 29.6 Å². The van der Waals surface area contributed by atoms with Crippen LogP contribution in [-0.2, 0) is 14.3 Å². The number of carboxylic acid groups (broad SMARTS) is 2. The van der Waals surface area contributed by atoms with Crippen LogP contribution in [-0.4, -0.2) is 40.4 Å². The van der Waals surface area contributed by atoms with E-state index in [1.807, 2.05) is 13.8 Å². The first-order valence-corrected chi connectivity index (χ1v) is 5.66. The van der Waals surface area contributed by atoms with Gasteiger partial charge in [-0.25, -0.2) is 4.79 Å². The smallest absolute Gasteiger partial charge is 0.332 e. The van der Waals surface area contributed by atoms with Crippen LogP contribution < -0.4 is 5.73 Å². The molecule has 0 spiro atoms. The molecule has 0 aromatic rings. The van der Waals surface area contributed by atoms with Gasteiger partial charge in [0, 0.05) is 6.54 Å². The second-order valence-corrected chi connectivity index (χ2v) is 4.84. The van der Waals surface area contributed by atoms with Gasteiger partial charge in [-0.05, 0) is 18.8 Å². The minimum Gasteiger partial charge on any atom is -0.481 e. The molecular weight excluding hydrogens is 226 g/mol. The number of hydrogen-bond donors (Lipinski definition) is 3. The summed E-state index contributed by atoms with van der Waals surface area (Å²) in [7, 11) is 0. The Morgan fingerprint density at radius 1 is 1.41 bits per heavy atom. The molecule has 0 aliphatic carbocycles. The fourth-order valence-electron chi connectivity index (χ4n) is 2.22. The summed E-state index contributed by atoms with van der Waals surface area (Å²) < 4.78 is 5.54. The molecule has 1 rings (SSSR count). The Morgan fingerprint density at radius 3 is 2.35 bits per heavy atom. The van der Waals surface area contributed by atoms with Crippen LogP contribution in [0.2, 0.25) is 0 Å². The normalized spacial score (nSPS) is 33.6. The van der Waals surface area contributed by atoms with E-state index in [0.717, 1.165) is 0 Å². The Balaban J connectivity index is 2.99. The van der Waals surface area contributed by atoms with Gasteiger partial charge in [0.05, 0.1) is 11.5 Å². The van der Waals surface area contributed by atoms with Crippen LogP contribution >= 0.6 is 0 Å². The van der Waals surface area contributed by atoms with Gasteiger partial charge < -0.3 is 20.7 Å². The molecule has 1 saturated heterocycles. The molecule has 6 heteroatoms. The molecule has 1 heterocycles. The molecule has 1 aliphatic heterocycles. The quantitative estimate of drug-likeness (QED) is 0.657. The minimum atomic E-state index is -1.13. The van der Waals surface area contributed by atoms with Crippen molar-refractivity contribution in [2.24, 2.45) is 17.6 Å². The first-order valence-electron chi connectivity index (χ1n) is 5.66. The van der Waals surface area contributed by atoms with Gasteiger partial charge in [-0.1, -0.05) is 13.8 Å². The Hall–Kier alpha value is -1.14. The van der Waals surface area contributed by atoms with E-state index in [1.165, 1.54) is 0 Å². The number of carboxylic acids is 2. The van der Waals surface area contributed by atoms with E-state index in [4.69, 9.17) is 20.7 Å². The van der Waals surface area contributed by atoms with Crippen molar-refractivity contribution in [2.45, 2.75) is 38.4 Å². The van der Waals surface area contributed by atoms with Crippen molar-refractivity contribution in [1.29, 1.82) is 0 Å². The van der Waals surface area contributed by atoms with Gasteiger partial charge in [-0.2, -0.15) is 0 Å². The van der Waals surface area contributed by atoms with E-state index >= 15 is 0 Å². The Labute approximate surface area is 99.7 Å². The van der Waals surface area contributed by atoms with E-state index in [9.17, 15) is 9.59 Å². The maximum absolute atomic E-state index is 11.1. The average molecular weight is 245 g/mol. The molecule has 1 fully saturated rings. The maximum atomic E-state index is 11.1. The van der Waals surface area contributed by atoms with Gasteiger partial charge >= 0.3 is 11.9 Å². The summed E-state index contributed by atoms with van der Waals surface area (Å²) in [5.41, 5.74) is 4.80. The van der Waals surface area contributed by atoms with Gasteiger partial charge in [0.25, 0.3) is 0 Å². The van der Waals surface area contributed by atoms with Crippen LogP contribution in [0.4, 0.5) is 0 Å². The molecule has 0 radical (unpaired) electrons. The zero-order valence-corrected chi connectivity index (χ0v) is 10.0. The average Bonchev–Trinajstić information content (AvgIpc) is 2.27. The van der Waals surface area contributed by atoms with Crippen molar-refractivity contribution >= 4 is 11.9 Å². The number of aliphatic carboxylic acids is 2. The molecule has 3 atom stereocenters. The van der Waals surface area contributed by atoms with Crippen molar-refractivity contribution in [3.05, 3.63) is 0 Å². The monoisotopic (exact) mass is 245 g/mol. The van der Waals surface area contributed by atoms with Gasteiger partial charge in [0.1, 0.15) is 0 Å². The van der Waals surface area contributed by atoms with E-state index in [-0.39, 0.29) is 25.3 Å². The summed E-state index contributed by atoms with van der Waals surface area (Å²) in [6.45, 7) is 3.84. The van der Waals surface area contributed by atoms with Gasteiger partial charge in [-0.3, -0.25) is 4.79 Å². The number of ether oxygens (including phenoxy) is 1. The zero-order chi connectivity index (χ0) is 13.2. The molecule has 6 nitrogen and oxygen atoms in total. The van der Waals surface area contributed by atoms with Crippen LogP contribution in [0.1, 0.15) is 26.7 Å². The summed E-state index contributed by atoms with van der Waals surface area (Å²) in [4.78, 5) is 22.0. The van der Waals surface area contributed by atoms with Crippen LogP contribution in [0.5, 0.6) is 0 Å². The van der Waals surface area contributed by atoms with Gasteiger partial charge in [0.2, 0.25) is 0 Å². The highest BCUT2D eigenvalue weighted by molar-refractivity contribution is 5.76. The van der Waals surface area contributed by atoms with Crippen LogP contribution in [0, 0.1) is 11.8 Å². The molecule has 0 bridgehead atoms. The van der Waals surface area contributed by atoms with Crippen LogP contribution in [0.3, 0.4) is 0 Å². The lowest BCUT2D eigenvalue weighted by atomic mass is 9.77. The maximum Gasteiger partial charge on any atom is 0.332 e. The lowest BCUT2D eigenvalue weighted by Gasteiger charge is -2.44. The summed E-state index contributed by atoms with van der Waals surface area (Å²) in [5.74, 6) is -2.86. The third-order valence-corrected chi connectivity index (χ3v) is 3.49. The third kappa shape index (κ3) is 2.76. The molecule has 0 amide bonds. The Kier molecular flexibility index (Phi) is 4.11. The lowest BCUT2D eigenvalue weighted by Crippen LogP contribution is -2.55. The first kappa shape index (κ1) is 13.9. The topological polar surface area (TPSA) is 110 Å². The molecule has 17 heavy (non-hydrogen) atoms. The van der Waals surface area contributed by atoms with Crippen molar-refractivity contribution in [1.82, 2.24) is 0 Å². The van der Waals surface area contributed by atoms with Gasteiger partial charge in [0.15, 0.2) is 6.10 Å². The van der Waals surface area contributed by atoms with E-state index in [1.54, 1.807) is 0 Å². The van der Waals surface area contributed by atoms with E-state index in [0.29, 0.717) is 0 Å². The molecule has 0 saturated carbocycles. The number of hydrogen-bond acceptors (Lipinski definition) is 4. The Bertz CT molecular complexity index is 293. The lowest BCUT2D eigenvalue weighted by molar-refractivity contribution is -0.194. The molecule has 4 N–H and O–H groups in total. The van der Waals surface area contributed by atoms with Crippen molar-refractivity contribution in [2.75, 3.05) is 6.54 Å². The van der Waals surface area contributed by atoms with Gasteiger partial charge in [-0.15, -0.1) is 0 Å². The molecule has 1 aliphatic rings. The fraction of sp³-hybridized carbons (Fsp3) is 0.818. The molecule has 98 valence electrons. The summed E-state index contributed by atoms with van der Waals surface area (Å²) in [6, 6.07) is 0. The predicted octanol–water partition coefficient (Wildman–Crippen LogP) is 0.304. The largest absolute Gasteiger partial charge is 0.481 e. The molecule has 0 aromatic carbocycles. The number of nitrogens with two attached hydrogens (primary N) is 1. The SMILES string of the molecule is CC(C)C1(CN)CC(C(=O)O)CC(C(=O)O)O1. The Morgan fingerprint density at radius 2 is 2.00 bits per heavy atom. The van der Waals surface area contributed by atoms with Crippen molar-refractivity contribution < 1.29 is 24.5 Å². The van der Waals surface area contributed by atoms with E-state index in [2.05, 4.69) is 0 Å². The van der Waals surface area contributed by atoms with Crippen molar-refractivity contribution in [3.8, 4) is 0 Å². The minimum absolute atomic E-state index is 0.000856. The zero-order valence-electron chi connectivity index (χ0n) is 10.0. The van der Waals surface area contributed by atoms with Crippen LogP contribution in [0.25, 0.3) is 0 Å². The highest BCUT2D eigenvalue weighted by atomic mass is 16.5.